The van der Waals surface area contributed by atoms with Crippen LogP contribution in [0.1, 0.15) is 42.4 Å². The fourth-order valence-electron chi connectivity index (χ4n) is 8.42. The van der Waals surface area contributed by atoms with E-state index in [2.05, 4.69) is 10.6 Å². The van der Waals surface area contributed by atoms with Crippen LogP contribution in [0.5, 0.6) is 23.0 Å². The van der Waals surface area contributed by atoms with Gasteiger partial charge in [-0.05, 0) is 43.0 Å². The van der Waals surface area contributed by atoms with Crippen LogP contribution in [0.2, 0.25) is 0 Å². The second kappa shape index (κ2) is 18.0. The highest BCUT2D eigenvalue weighted by Crippen LogP contribution is 2.69. The summed E-state index contributed by atoms with van der Waals surface area (Å²) in [6.07, 6.45) is -7.78. The molecule has 58 heavy (non-hydrogen) atoms. The van der Waals surface area contributed by atoms with Gasteiger partial charge in [-0.2, -0.15) is 0 Å². The Morgan fingerprint density at radius 3 is 2.14 bits per heavy atom. The minimum Gasteiger partial charge on any atom is -0.497 e. The molecule has 10 atom stereocenters. The molecule has 3 aromatic rings. The highest BCUT2D eigenvalue weighted by molar-refractivity contribution is 5.92. The summed E-state index contributed by atoms with van der Waals surface area (Å²) < 4.78 is 36.6. The number of fused-ring (bicyclic) bond motifs is 4. The lowest BCUT2D eigenvalue weighted by atomic mass is 9.74. The number of aliphatic hydroxyl groups is 6. The highest BCUT2D eigenvalue weighted by atomic mass is 16.7. The first kappa shape index (κ1) is 42.8. The molecule has 0 spiro atoms. The Labute approximate surface area is 335 Å². The standard InChI is InChI=1S/C42H52N2O14/c1-23(16-19-45)37(50)43-17-8-9-18-44-38(51)33-31(24-10-6-5-7-11-24)41(52)32-28(55-4)20-27(54-3)21-29(32)58-42(33,25-12-14-26(53-2)15-13-25)40(41)57-39-36(49)35(48)34(47)30(22-46)56-39/h5-7,10-16,20-21,30-31,33-36,39-40,45-49,52H,8-9,17-19,22H2,1-4H3,(H,43,50)(H,44,51)/t30-,31-,33+,34-,35+,36-,39+,40-,41-,42+/m1/s1. The van der Waals surface area contributed by atoms with E-state index in [-0.39, 0.29) is 36.1 Å². The van der Waals surface area contributed by atoms with Crippen LogP contribution in [0.3, 0.4) is 0 Å². The summed E-state index contributed by atoms with van der Waals surface area (Å²) in [7, 11) is 4.36. The molecule has 0 unspecified atom stereocenters. The maximum Gasteiger partial charge on any atom is 0.246 e. The zero-order valence-electron chi connectivity index (χ0n) is 32.7. The predicted molar refractivity (Wildman–Crippen MR) is 206 cm³/mol. The Hall–Kier alpha value is -4.78. The lowest BCUT2D eigenvalue weighted by Crippen LogP contribution is -2.64. The molecule has 2 amide bonds. The van der Waals surface area contributed by atoms with E-state index < -0.39 is 72.4 Å². The van der Waals surface area contributed by atoms with E-state index in [4.69, 9.17) is 33.5 Å². The van der Waals surface area contributed by atoms with Crippen LogP contribution in [-0.4, -0.2) is 127 Å². The van der Waals surface area contributed by atoms with Crippen molar-refractivity contribution in [1.29, 1.82) is 0 Å². The van der Waals surface area contributed by atoms with E-state index in [0.717, 1.165) is 0 Å². The zero-order chi connectivity index (χ0) is 41.8. The molecule has 6 rings (SSSR count). The maximum absolute atomic E-state index is 15.1. The molecule has 3 aliphatic rings. The predicted octanol–water partition coefficient (Wildman–Crippen LogP) is 0.738. The molecule has 2 aliphatic heterocycles. The molecular formula is C42H52N2O14. The number of carbonyl (C=O) groups excluding carboxylic acids is 2. The third-order valence-electron chi connectivity index (χ3n) is 11.3. The van der Waals surface area contributed by atoms with Crippen molar-refractivity contribution < 1.29 is 68.6 Å². The summed E-state index contributed by atoms with van der Waals surface area (Å²) in [6, 6.07) is 18.7. The van der Waals surface area contributed by atoms with E-state index in [0.29, 0.717) is 47.6 Å². The minimum atomic E-state index is -2.24. The van der Waals surface area contributed by atoms with Crippen molar-refractivity contribution in [3.63, 3.8) is 0 Å². The normalized spacial score (nSPS) is 30.1. The van der Waals surface area contributed by atoms with Gasteiger partial charge in [-0.1, -0.05) is 48.5 Å². The quantitative estimate of drug-likeness (QED) is 0.0737. The van der Waals surface area contributed by atoms with Gasteiger partial charge >= 0.3 is 0 Å². The van der Waals surface area contributed by atoms with Crippen LogP contribution >= 0.6 is 0 Å². The number of unbranched alkanes of at least 4 members (excludes halogenated alkanes) is 1. The lowest BCUT2D eigenvalue weighted by Gasteiger charge is -2.49. The highest BCUT2D eigenvalue weighted by Gasteiger charge is 2.77. The average molecular weight is 809 g/mol. The van der Waals surface area contributed by atoms with Crippen LogP contribution in [0.15, 0.2) is 78.4 Å². The monoisotopic (exact) mass is 808 g/mol. The third-order valence-corrected chi connectivity index (χ3v) is 11.3. The Morgan fingerprint density at radius 1 is 0.845 bits per heavy atom. The van der Waals surface area contributed by atoms with Gasteiger partial charge in [0, 0.05) is 36.7 Å². The molecular weight excluding hydrogens is 756 g/mol. The second-order valence-corrected chi connectivity index (χ2v) is 14.6. The zero-order valence-corrected chi connectivity index (χ0v) is 32.7. The summed E-state index contributed by atoms with van der Waals surface area (Å²) >= 11 is 0. The van der Waals surface area contributed by atoms with Crippen LogP contribution in [0, 0.1) is 5.92 Å². The summed E-state index contributed by atoms with van der Waals surface area (Å²) in [5.74, 6) is -2.26. The number of hydrogen-bond acceptors (Lipinski definition) is 14. The first-order valence-corrected chi connectivity index (χ1v) is 19.1. The van der Waals surface area contributed by atoms with Crippen molar-refractivity contribution >= 4 is 11.8 Å². The number of rotatable bonds is 16. The van der Waals surface area contributed by atoms with Crippen LogP contribution in [0.25, 0.3) is 0 Å². The number of hydrogen-bond donors (Lipinski definition) is 8. The minimum absolute atomic E-state index is 0.111. The van der Waals surface area contributed by atoms with E-state index in [9.17, 15) is 30.3 Å². The van der Waals surface area contributed by atoms with Gasteiger partial charge in [0.15, 0.2) is 11.9 Å². The van der Waals surface area contributed by atoms with Crippen molar-refractivity contribution in [3.05, 3.63) is 95.1 Å². The fourth-order valence-corrected chi connectivity index (χ4v) is 8.42. The molecule has 0 radical (unpaired) electrons. The van der Waals surface area contributed by atoms with Crippen LogP contribution in [-0.2, 0) is 30.3 Å². The van der Waals surface area contributed by atoms with Gasteiger partial charge in [-0.15, -0.1) is 0 Å². The van der Waals surface area contributed by atoms with Crippen molar-refractivity contribution in [2.45, 2.75) is 73.7 Å². The van der Waals surface area contributed by atoms with Gasteiger partial charge in [0.2, 0.25) is 11.8 Å². The number of amides is 2. The van der Waals surface area contributed by atoms with Crippen LogP contribution in [0.4, 0.5) is 0 Å². The third kappa shape index (κ3) is 7.62. The average Bonchev–Trinajstić information content (AvgIpc) is 3.39. The number of methoxy groups -OCH3 is 3. The molecule has 1 saturated carbocycles. The number of benzene rings is 3. The molecule has 2 bridgehead atoms. The first-order valence-electron chi connectivity index (χ1n) is 19.1. The van der Waals surface area contributed by atoms with Crippen molar-refractivity contribution in [2.24, 2.45) is 5.92 Å². The SMILES string of the molecule is COc1ccc([C@]23Oc4cc(OC)cc(OC)c4[C@](O)([C@H](c4ccccc4)[C@H]2C(=O)NCCCCNC(=O)C(C)=CCO)[C@H]3O[C@@H]2O[C@H](CO)[C@@H](O)[C@H](O)[C@H]2O)cc1. The number of ether oxygens (including phenoxy) is 6. The smallest absolute Gasteiger partial charge is 0.246 e. The van der Waals surface area contributed by atoms with Gasteiger partial charge in [-0.3, -0.25) is 9.59 Å². The molecule has 0 aromatic heterocycles. The molecule has 2 heterocycles. The molecule has 16 heteroatoms. The first-order chi connectivity index (χ1) is 27.9. The molecule has 3 aromatic carbocycles. The van der Waals surface area contributed by atoms with Crippen molar-refractivity contribution in [3.8, 4) is 23.0 Å². The summed E-state index contributed by atoms with van der Waals surface area (Å²) in [5.41, 5.74) is -2.81. The van der Waals surface area contributed by atoms with E-state index in [1.54, 1.807) is 73.7 Å². The number of aliphatic hydroxyl groups excluding tert-OH is 5. The summed E-state index contributed by atoms with van der Waals surface area (Å²) in [5, 5.41) is 71.6. The Kier molecular flexibility index (Phi) is 13.3. The summed E-state index contributed by atoms with van der Waals surface area (Å²) in [4.78, 5) is 27.4. The maximum atomic E-state index is 15.1. The second-order valence-electron chi connectivity index (χ2n) is 14.6. The molecule has 16 nitrogen and oxygen atoms in total. The van der Waals surface area contributed by atoms with E-state index >= 15 is 4.79 Å². The molecule has 1 aliphatic carbocycles. The Morgan fingerprint density at radius 2 is 1.52 bits per heavy atom. The number of carbonyl (C=O) groups is 2. The Balaban J connectivity index is 1.51. The molecule has 8 N–H and O–H groups in total. The number of nitrogens with one attached hydrogen (secondary N) is 2. The van der Waals surface area contributed by atoms with Crippen LogP contribution < -0.4 is 29.6 Å². The molecule has 314 valence electrons. The molecule has 1 saturated heterocycles. The van der Waals surface area contributed by atoms with Crippen molar-refractivity contribution in [1.82, 2.24) is 10.6 Å². The Bertz CT molecular complexity index is 1930. The van der Waals surface area contributed by atoms with Gasteiger partial charge in [-0.25, -0.2) is 0 Å². The van der Waals surface area contributed by atoms with E-state index in [1.807, 2.05) is 0 Å². The van der Waals surface area contributed by atoms with Gasteiger partial charge in [0.25, 0.3) is 0 Å². The molecule has 2 fully saturated rings. The topological polar surface area (TPSA) is 235 Å². The largest absolute Gasteiger partial charge is 0.497 e. The lowest BCUT2D eigenvalue weighted by molar-refractivity contribution is -0.337. The van der Waals surface area contributed by atoms with Crippen molar-refractivity contribution in [2.75, 3.05) is 47.6 Å². The van der Waals surface area contributed by atoms with E-state index in [1.165, 1.54) is 27.4 Å². The van der Waals surface area contributed by atoms with Gasteiger partial charge < -0.3 is 69.7 Å². The van der Waals surface area contributed by atoms with Gasteiger partial charge in [0.1, 0.15) is 59.1 Å². The summed E-state index contributed by atoms with van der Waals surface area (Å²) in [6.45, 7) is 1.08. The van der Waals surface area contributed by atoms with Gasteiger partial charge in [0.05, 0.1) is 46.0 Å². The fraction of sp³-hybridized carbons (Fsp3) is 0.476.